The summed E-state index contributed by atoms with van der Waals surface area (Å²) in [6.07, 6.45) is 1.44. The lowest BCUT2D eigenvalue weighted by Crippen LogP contribution is -2.21. The van der Waals surface area contributed by atoms with Crippen molar-refractivity contribution in [2.45, 2.75) is 37.7 Å². The van der Waals surface area contributed by atoms with Gasteiger partial charge < -0.3 is 10.1 Å². The predicted molar refractivity (Wildman–Crippen MR) is 95.8 cm³/mol. The number of amides is 1. The van der Waals surface area contributed by atoms with Gasteiger partial charge >= 0.3 is 0 Å². The smallest absolute Gasteiger partial charge is 0.263 e. The average molecular weight is 381 g/mol. The molecule has 0 spiro atoms. The van der Waals surface area contributed by atoms with Crippen LogP contribution in [0.25, 0.3) is 0 Å². The molecule has 1 aromatic heterocycles. The van der Waals surface area contributed by atoms with E-state index >= 15 is 0 Å². The maximum Gasteiger partial charge on any atom is 0.263 e. The zero-order chi connectivity index (χ0) is 18.0. The van der Waals surface area contributed by atoms with Gasteiger partial charge in [-0.3, -0.25) is 9.52 Å². The van der Waals surface area contributed by atoms with Crippen LogP contribution in [0.1, 0.15) is 35.6 Å². The highest BCUT2D eigenvalue weighted by molar-refractivity contribution is 7.93. The second-order valence-electron chi connectivity index (χ2n) is 5.90. The highest BCUT2D eigenvalue weighted by atomic mass is 32.2. The summed E-state index contributed by atoms with van der Waals surface area (Å²) in [7, 11) is -3.77. The van der Waals surface area contributed by atoms with E-state index in [2.05, 4.69) is 15.0 Å². The lowest BCUT2D eigenvalue weighted by molar-refractivity contribution is 0.0960. The third kappa shape index (κ3) is 4.10. The Morgan fingerprint density at radius 3 is 2.68 bits per heavy atom. The maximum absolute atomic E-state index is 12.5. The number of fused-ring (bicyclic) bond motifs is 1. The molecule has 1 amide bonds. The molecule has 3 rings (SSSR count). The highest BCUT2D eigenvalue weighted by Gasteiger charge is 2.23. The minimum Gasteiger partial charge on any atom is -0.491 e. The Morgan fingerprint density at radius 1 is 1.28 bits per heavy atom. The number of ether oxygens (including phenoxy) is 1. The number of carbonyl (C=O) groups excluding carboxylic acids is 1. The van der Waals surface area contributed by atoms with Gasteiger partial charge in [-0.2, -0.15) is 0 Å². The van der Waals surface area contributed by atoms with Crippen LogP contribution in [0, 0.1) is 0 Å². The molecular weight excluding hydrogens is 362 g/mol. The van der Waals surface area contributed by atoms with Crippen LogP contribution in [0.2, 0.25) is 0 Å². The molecule has 9 heteroatoms. The second kappa shape index (κ2) is 7.01. The fraction of sp³-hybridized carbons (Fsp3) is 0.375. The number of aryl methyl sites for hydroxylation is 1. The second-order valence-corrected chi connectivity index (χ2v) is 8.58. The Balaban J connectivity index is 1.80. The van der Waals surface area contributed by atoms with Gasteiger partial charge in [-0.1, -0.05) is 11.3 Å². The molecule has 0 radical (unpaired) electrons. The first-order valence-corrected chi connectivity index (χ1v) is 10.2. The molecule has 2 aromatic rings. The van der Waals surface area contributed by atoms with Crippen molar-refractivity contribution in [3.63, 3.8) is 0 Å². The van der Waals surface area contributed by atoms with Crippen molar-refractivity contribution in [3.05, 3.63) is 34.8 Å². The number of nitrogens with one attached hydrogen (secondary N) is 2. The van der Waals surface area contributed by atoms with E-state index in [0.717, 1.165) is 17.8 Å². The topological polar surface area (TPSA) is 97.4 Å². The summed E-state index contributed by atoms with van der Waals surface area (Å²) in [6, 6.07) is 6.18. The van der Waals surface area contributed by atoms with E-state index in [1.54, 1.807) is 12.1 Å². The molecule has 1 aliphatic heterocycles. The lowest BCUT2D eigenvalue weighted by atomic mass is 10.2. The van der Waals surface area contributed by atoms with E-state index in [9.17, 15) is 13.2 Å². The van der Waals surface area contributed by atoms with Crippen molar-refractivity contribution in [1.29, 1.82) is 0 Å². The molecule has 0 unspecified atom stereocenters. The van der Waals surface area contributed by atoms with Crippen LogP contribution in [0.3, 0.4) is 0 Å². The van der Waals surface area contributed by atoms with Crippen molar-refractivity contribution >= 4 is 32.4 Å². The Labute approximate surface area is 150 Å². The fourth-order valence-corrected chi connectivity index (χ4v) is 4.59. The number of nitrogens with zero attached hydrogens (tertiary/aromatic N) is 1. The molecule has 7 nitrogen and oxygen atoms in total. The normalized spacial score (nSPS) is 14.6. The van der Waals surface area contributed by atoms with Gasteiger partial charge in [0.1, 0.15) is 10.6 Å². The number of thiazole rings is 1. The van der Waals surface area contributed by atoms with Gasteiger partial charge in [0.05, 0.1) is 16.7 Å². The first-order valence-electron chi connectivity index (χ1n) is 7.92. The third-order valence-corrected chi connectivity index (χ3v) is 6.00. The van der Waals surface area contributed by atoms with Gasteiger partial charge in [-0.15, -0.1) is 0 Å². The van der Waals surface area contributed by atoms with Gasteiger partial charge in [0.2, 0.25) is 0 Å². The van der Waals surface area contributed by atoms with E-state index in [0.29, 0.717) is 29.3 Å². The van der Waals surface area contributed by atoms with Crippen LogP contribution in [-0.4, -0.2) is 32.0 Å². The monoisotopic (exact) mass is 381 g/mol. The summed E-state index contributed by atoms with van der Waals surface area (Å²) in [5.74, 6) is 0.400. The van der Waals surface area contributed by atoms with Crippen molar-refractivity contribution < 1.29 is 17.9 Å². The summed E-state index contributed by atoms with van der Waals surface area (Å²) in [4.78, 5) is 16.8. The van der Waals surface area contributed by atoms with Crippen molar-refractivity contribution in [2.75, 3.05) is 11.3 Å². The number of carbonyl (C=O) groups is 1. The summed E-state index contributed by atoms with van der Waals surface area (Å²) < 4.78 is 33.0. The number of anilines is 1. The molecule has 25 heavy (non-hydrogen) atoms. The molecule has 1 aliphatic rings. The summed E-state index contributed by atoms with van der Waals surface area (Å²) in [6.45, 7) is 4.40. The van der Waals surface area contributed by atoms with Crippen LogP contribution in [0.15, 0.2) is 29.2 Å². The molecule has 0 fully saturated rings. The van der Waals surface area contributed by atoms with E-state index in [1.165, 1.54) is 12.1 Å². The lowest BCUT2D eigenvalue weighted by Gasteiger charge is -2.10. The third-order valence-electron chi connectivity index (χ3n) is 3.51. The van der Waals surface area contributed by atoms with E-state index in [4.69, 9.17) is 4.74 Å². The van der Waals surface area contributed by atoms with Gasteiger partial charge in [0.25, 0.3) is 15.9 Å². The average Bonchev–Trinajstić information content (AvgIpc) is 2.85. The zero-order valence-corrected chi connectivity index (χ0v) is 15.5. The SMILES string of the molecule is CC(C)Oc1ccc(S(=O)(=O)Nc2nc3c(s2)C(=O)NCCC3)cc1. The van der Waals surface area contributed by atoms with Crippen molar-refractivity contribution in [1.82, 2.24) is 10.3 Å². The number of sulfonamides is 1. The van der Waals surface area contributed by atoms with Crippen LogP contribution < -0.4 is 14.8 Å². The molecular formula is C16H19N3O4S2. The van der Waals surface area contributed by atoms with E-state index in [-0.39, 0.29) is 22.0 Å². The minimum absolute atomic E-state index is 0.0115. The van der Waals surface area contributed by atoms with Gasteiger partial charge in [0.15, 0.2) is 5.13 Å². The predicted octanol–water partition coefficient (Wildman–Crippen LogP) is 2.41. The quantitative estimate of drug-likeness (QED) is 0.829. The molecule has 134 valence electrons. The van der Waals surface area contributed by atoms with Gasteiger partial charge in [-0.05, 0) is 51.0 Å². The molecule has 0 bridgehead atoms. The van der Waals surface area contributed by atoms with Crippen LogP contribution in [-0.2, 0) is 16.4 Å². The minimum atomic E-state index is -3.77. The largest absolute Gasteiger partial charge is 0.491 e. The first kappa shape index (κ1) is 17.7. The Morgan fingerprint density at radius 2 is 2.00 bits per heavy atom. The number of aromatic nitrogens is 1. The van der Waals surface area contributed by atoms with Crippen LogP contribution in [0.5, 0.6) is 5.75 Å². The first-order chi connectivity index (χ1) is 11.8. The fourth-order valence-electron chi connectivity index (χ4n) is 2.42. The summed E-state index contributed by atoms with van der Waals surface area (Å²) >= 11 is 1.05. The van der Waals surface area contributed by atoms with Crippen LogP contribution >= 0.6 is 11.3 Å². The Bertz CT molecular complexity index is 873. The maximum atomic E-state index is 12.5. The molecule has 1 aromatic carbocycles. The molecule has 0 aliphatic carbocycles. The molecule has 2 N–H and O–H groups in total. The Kier molecular flexibility index (Phi) is 4.96. The van der Waals surface area contributed by atoms with E-state index < -0.39 is 10.0 Å². The standard InChI is InChI=1S/C16H19N3O4S2/c1-10(2)23-11-5-7-12(8-6-11)25(21,22)19-16-18-13-4-3-9-17-15(20)14(13)24-16/h5-8,10H,3-4,9H2,1-2H3,(H,17,20)(H,18,19). The van der Waals surface area contributed by atoms with Crippen molar-refractivity contribution in [3.8, 4) is 5.75 Å². The van der Waals surface area contributed by atoms with Crippen molar-refractivity contribution in [2.24, 2.45) is 0 Å². The molecule has 0 atom stereocenters. The van der Waals surface area contributed by atoms with Gasteiger partial charge in [-0.25, -0.2) is 13.4 Å². The van der Waals surface area contributed by atoms with E-state index in [1.807, 2.05) is 13.8 Å². The van der Waals surface area contributed by atoms with Crippen LogP contribution in [0.4, 0.5) is 5.13 Å². The number of rotatable bonds is 5. The molecule has 0 saturated carbocycles. The highest BCUT2D eigenvalue weighted by Crippen LogP contribution is 2.28. The molecule has 0 saturated heterocycles. The molecule has 2 heterocycles. The summed E-state index contributed by atoms with van der Waals surface area (Å²) in [5, 5.41) is 2.97. The Hall–Kier alpha value is -2.13. The number of benzene rings is 1. The number of hydrogen-bond acceptors (Lipinski definition) is 6. The zero-order valence-electron chi connectivity index (χ0n) is 13.9. The number of hydrogen-bond donors (Lipinski definition) is 2. The van der Waals surface area contributed by atoms with Gasteiger partial charge in [0, 0.05) is 6.54 Å². The summed E-state index contributed by atoms with van der Waals surface area (Å²) in [5.41, 5.74) is 0.637.